The fraction of sp³-hybridized carbons (Fsp3) is 0.529. The molecule has 0 saturated carbocycles. The van der Waals surface area contributed by atoms with Crippen LogP contribution in [0.1, 0.15) is 6.42 Å². The zero-order chi connectivity index (χ0) is 18.8. The number of benzene rings is 1. The number of alkyl halides is 1. The van der Waals surface area contributed by atoms with Crippen molar-refractivity contribution < 1.29 is 13.6 Å². The zero-order valence-electron chi connectivity index (χ0n) is 14.6. The minimum Gasteiger partial charge on any atom is -0.308 e. The maximum Gasteiger partial charge on any atom is 0.230 e. The summed E-state index contributed by atoms with van der Waals surface area (Å²) in [5.74, 6) is -1.84. The van der Waals surface area contributed by atoms with Gasteiger partial charge in [-0.15, -0.1) is 11.6 Å². The number of halogens is 3. The summed E-state index contributed by atoms with van der Waals surface area (Å²) in [6.07, 6.45) is 0.583. The second kappa shape index (κ2) is 8.12. The van der Waals surface area contributed by atoms with Gasteiger partial charge in [-0.3, -0.25) is 9.69 Å². The summed E-state index contributed by atoms with van der Waals surface area (Å²) in [6.45, 7) is 3.11. The van der Waals surface area contributed by atoms with Crippen molar-refractivity contribution in [2.75, 3.05) is 45.6 Å². The van der Waals surface area contributed by atoms with Crippen LogP contribution in [-0.4, -0.2) is 66.3 Å². The minimum absolute atomic E-state index is 0.0678. The van der Waals surface area contributed by atoms with E-state index in [-0.39, 0.29) is 27.9 Å². The lowest BCUT2D eigenvalue weighted by Gasteiger charge is -2.35. The highest BCUT2D eigenvalue weighted by Gasteiger charge is 2.31. The number of carbonyl (C=O) groups is 1. The van der Waals surface area contributed by atoms with Gasteiger partial charge in [0, 0.05) is 37.6 Å². The number of hydrogen-bond acceptors (Lipinski definition) is 5. The molecule has 1 N–H and O–H groups in total. The van der Waals surface area contributed by atoms with Crippen LogP contribution in [0.25, 0.3) is 10.2 Å². The number of carbonyl (C=O) groups excluding carboxylic acids is 1. The highest BCUT2D eigenvalue weighted by atomic mass is 35.5. The van der Waals surface area contributed by atoms with Crippen LogP contribution in [0.15, 0.2) is 12.1 Å². The van der Waals surface area contributed by atoms with E-state index in [1.54, 1.807) is 0 Å². The molecule has 2 aromatic rings. The zero-order valence-corrected chi connectivity index (χ0v) is 16.2. The second-order valence-corrected chi connectivity index (χ2v) is 8.48. The summed E-state index contributed by atoms with van der Waals surface area (Å²) < 4.78 is 27.4. The Morgan fingerprint density at radius 2 is 2.19 bits per heavy atom. The van der Waals surface area contributed by atoms with E-state index in [0.717, 1.165) is 37.0 Å². The molecule has 1 saturated heterocycles. The lowest BCUT2D eigenvalue weighted by Crippen LogP contribution is -2.47. The Labute approximate surface area is 159 Å². The molecule has 0 spiro atoms. The van der Waals surface area contributed by atoms with Crippen molar-refractivity contribution in [2.24, 2.45) is 5.92 Å². The standard InChI is InChI=1S/C17H21ClF2N4OS/c1-23(2)3-4-24-8-10(5-11(18)9-24)16(25)22-17-21-15-13(20)6-12(19)7-14(15)26-17/h6-7,10-11H,3-5,8-9H2,1-2H3,(H,21,22,25). The van der Waals surface area contributed by atoms with Crippen LogP contribution in [0, 0.1) is 17.6 Å². The third-order valence-electron chi connectivity index (χ3n) is 4.35. The van der Waals surface area contributed by atoms with E-state index in [1.807, 2.05) is 14.1 Å². The molecule has 2 heterocycles. The maximum absolute atomic E-state index is 13.8. The van der Waals surface area contributed by atoms with Crippen molar-refractivity contribution in [3.8, 4) is 0 Å². The van der Waals surface area contributed by atoms with Gasteiger partial charge in [-0.25, -0.2) is 13.8 Å². The molecular weight excluding hydrogens is 382 g/mol. The molecule has 0 bridgehead atoms. The Balaban J connectivity index is 1.68. The molecule has 26 heavy (non-hydrogen) atoms. The van der Waals surface area contributed by atoms with Crippen LogP contribution >= 0.6 is 22.9 Å². The number of thiazole rings is 1. The number of likely N-dealkylation sites (tertiary alicyclic amines) is 1. The topological polar surface area (TPSA) is 48.5 Å². The fourth-order valence-electron chi connectivity index (χ4n) is 3.06. The van der Waals surface area contributed by atoms with E-state index >= 15 is 0 Å². The van der Waals surface area contributed by atoms with Crippen LogP contribution in [0.3, 0.4) is 0 Å². The number of nitrogens with one attached hydrogen (secondary N) is 1. The van der Waals surface area contributed by atoms with Crippen LogP contribution in [0.4, 0.5) is 13.9 Å². The fourth-order valence-corrected chi connectivity index (χ4v) is 4.37. The van der Waals surface area contributed by atoms with Gasteiger partial charge < -0.3 is 10.2 Å². The lowest BCUT2D eigenvalue weighted by atomic mass is 9.97. The maximum atomic E-state index is 13.8. The summed E-state index contributed by atoms with van der Waals surface area (Å²) in [6, 6.07) is 2.00. The lowest BCUT2D eigenvalue weighted by molar-refractivity contribution is -0.121. The summed E-state index contributed by atoms with van der Waals surface area (Å²) in [5.41, 5.74) is 0.0678. The number of piperidine rings is 1. The summed E-state index contributed by atoms with van der Waals surface area (Å²) in [4.78, 5) is 21.0. The first-order valence-electron chi connectivity index (χ1n) is 8.39. The molecule has 1 aromatic heterocycles. The Kier molecular flexibility index (Phi) is 6.06. The number of nitrogens with zero attached hydrogens (tertiary/aromatic N) is 3. The molecular formula is C17H21ClF2N4OS. The van der Waals surface area contributed by atoms with Crippen molar-refractivity contribution in [3.63, 3.8) is 0 Å². The molecule has 9 heteroatoms. The Morgan fingerprint density at radius 3 is 2.92 bits per heavy atom. The molecule has 142 valence electrons. The van der Waals surface area contributed by atoms with E-state index in [1.165, 1.54) is 6.07 Å². The normalized spacial score (nSPS) is 21.5. The largest absolute Gasteiger partial charge is 0.308 e. The van der Waals surface area contributed by atoms with E-state index in [0.29, 0.717) is 17.7 Å². The van der Waals surface area contributed by atoms with Gasteiger partial charge in [-0.1, -0.05) is 11.3 Å². The van der Waals surface area contributed by atoms with Crippen molar-refractivity contribution in [3.05, 3.63) is 23.8 Å². The van der Waals surface area contributed by atoms with Crippen LogP contribution in [0.2, 0.25) is 0 Å². The van der Waals surface area contributed by atoms with Crippen LogP contribution in [-0.2, 0) is 4.79 Å². The first-order chi connectivity index (χ1) is 12.3. The van der Waals surface area contributed by atoms with Gasteiger partial charge in [-0.2, -0.15) is 0 Å². The highest BCUT2D eigenvalue weighted by Crippen LogP contribution is 2.30. The predicted octanol–water partition coefficient (Wildman–Crippen LogP) is 3.00. The second-order valence-electron chi connectivity index (χ2n) is 6.84. The molecule has 2 atom stereocenters. The number of amides is 1. The van der Waals surface area contributed by atoms with E-state index in [9.17, 15) is 13.6 Å². The molecule has 5 nitrogen and oxygen atoms in total. The number of hydrogen-bond donors (Lipinski definition) is 1. The monoisotopic (exact) mass is 402 g/mol. The Hall–Kier alpha value is -1.35. The molecule has 2 unspecified atom stereocenters. The van der Waals surface area contributed by atoms with Gasteiger partial charge in [0.1, 0.15) is 11.3 Å². The number of aromatic nitrogens is 1. The molecule has 1 fully saturated rings. The van der Waals surface area contributed by atoms with E-state index in [2.05, 4.69) is 20.1 Å². The summed E-state index contributed by atoms with van der Waals surface area (Å²) in [5, 5.41) is 2.91. The quantitative estimate of drug-likeness (QED) is 0.781. The van der Waals surface area contributed by atoms with Crippen molar-refractivity contribution >= 4 is 44.2 Å². The molecule has 1 aliphatic rings. The third kappa shape index (κ3) is 4.68. The molecule has 0 radical (unpaired) electrons. The van der Waals surface area contributed by atoms with Gasteiger partial charge in [-0.05, 0) is 26.6 Å². The SMILES string of the molecule is CN(C)CCN1CC(Cl)CC(C(=O)Nc2nc3c(F)cc(F)cc3s2)C1. The van der Waals surface area contributed by atoms with Gasteiger partial charge in [0.05, 0.1) is 10.6 Å². The first-order valence-corrected chi connectivity index (χ1v) is 9.64. The molecule has 1 aromatic carbocycles. The van der Waals surface area contributed by atoms with E-state index < -0.39 is 11.6 Å². The highest BCUT2D eigenvalue weighted by molar-refractivity contribution is 7.22. The van der Waals surface area contributed by atoms with Crippen molar-refractivity contribution in [2.45, 2.75) is 11.8 Å². The number of likely N-dealkylation sites (N-methyl/N-ethyl adjacent to an activating group) is 1. The minimum atomic E-state index is -0.731. The van der Waals surface area contributed by atoms with Crippen LogP contribution in [0.5, 0.6) is 0 Å². The third-order valence-corrected chi connectivity index (χ3v) is 5.59. The van der Waals surface area contributed by atoms with Gasteiger partial charge in [0.15, 0.2) is 10.9 Å². The van der Waals surface area contributed by atoms with Gasteiger partial charge >= 0.3 is 0 Å². The predicted molar refractivity (Wildman–Crippen MR) is 101 cm³/mol. The molecule has 1 aliphatic heterocycles. The van der Waals surface area contributed by atoms with Crippen molar-refractivity contribution in [1.29, 1.82) is 0 Å². The van der Waals surface area contributed by atoms with Crippen LogP contribution < -0.4 is 5.32 Å². The number of anilines is 1. The number of rotatable bonds is 5. The average Bonchev–Trinajstić information content (AvgIpc) is 2.95. The summed E-state index contributed by atoms with van der Waals surface area (Å²) >= 11 is 7.39. The summed E-state index contributed by atoms with van der Waals surface area (Å²) in [7, 11) is 4.00. The number of fused-ring (bicyclic) bond motifs is 1. The average molecular weight is 403 g/mol. The van der Waals surface area contributed by atoms with Crippen molar-refractivity contribution in [1.82, 2.24) is 14.8 Å². The molecule has 1 amide bonds. The molecule has 0 aliphatic carbocycles. The smallest absolute Gasteiger partial charge is 0.230 e. The molecule has 3 rings (SSSR count). The Morgan fingerprint density at radius 1 is 1.42 bits per heavy atom. The first kappa shape index (κ1) is 19.4. The van der Waals surface area contributed by atoms with Gasteiger partial charge in [0.25, 0.3) is 0 Å². The van der Waals surface area contributed by atoms with E-state index in [4.69, 9.17) is 11.6 Å². The Bertz CT molecular complexity index is 800. The van der Waals surface area contributed by atoms with Gasteiger partial charge in [0.2, 0.25) is 5.91 Å².